The highest BCUT2D eigenvalue weighted by Crippen LogP contribution is 2.39. The van der Waals surface area contributed by atoms with Gasteiger partial charge in [-0.15, -0.1) is 0 Å². The van der Waals surface area contributed by atoms with Crippen LogP contribution in [-0.2, 0) is 0 Å². The van der Waals surface area contributed by atoms with E-state index in [9.17, 15) is 0 Å². The predicted octanol–water partition coefficient (Wildman–Crippen LogP) is 6.92. The van der Waals surface area contributed by atoms with Crippen LogP contribution in [0.4, 0.5) is 11.4 Å². The van der Waals surface area contributed by atoms with E-state index < -0.39 is 0 Å². The number of aryl methyl sites for hydroxylation is 1. The molecule has 1 aliphatic rings. The van der Waals surface area contributed by atoms with Crippen LogP contribution in [0.3, 0.4) is 0 Å². The summed E-state index contributed by atoms with van der Waals surface area (Å²) in [5.74, 6) is 0. The third-order valence-electron chi connectivity index (χ3n) is 4.96. The quantitative estimate of drug-likeness (QED) is 0.499. The van der Waals surface area contributed by atoms with E-state index in [1.165, 1.54) is 22.4 Å². The Hall–Kier alpha value is -1.87. The largest absolute Gasteiger partial charge is 0.362 e. The highest BCUT2D eigenvalue weighted by Gasteiger charge is 2.30. The Labute approximate surface area is 165 Å². The Morgan fingerprint density at radius 1 is 1.12 bits per heavy atom. The van der Waals surface area contributed by atoms with E-state index in [1.54, 1.807) is 0 Å². The summed E-state index contributed by atoms with van der Waals surface area (Å²) in [5.41, 5.74) is 7.34. The number of hydrogen-bond donors (Lipinski definition) is 0. The minimum absolute atomic E-state index is 0.0528. The molecule has 0 spiro atoms. The van der Waals surface area contributed by atoms with Crippen LogP contribution in [0.5, 0.6) is 0 Å². The molecule has 0 aliphatic carbocycles. The smallest absolute Gasteiger partial charge is 0.0659 e. The molecule has 0 saturated heterocycles. The summed E-state index contributed by atoms with van der Waals surface area (Å²) in [6.45, 7) is 12.2. The van der Waals surface area contributed by atoms with Crippen molar-refractivity contribution in [2.75, 3.05) is 11.4 Å². The lowest BCUT2D eigenvalue weighted by Gasteiger charge is -2.43. The molecule has 0 N–H and O–H groups in total. The number of hydrogen-bond acceptors (Lipinski definition) is 2. The number of rotatable bonds is 4. The van der Waals surface area contributed by atoms with E-state index >= 15 is 0 Å². The van der Waals surface area contributed by atoms with Crippen molar-refractivity contribution in [1.82, 2.24) is 0 Å². The van der Waals surface area contributed by atoms with Crippen LogP contribution in [0.15, 0.2) is 51.9 Å². The topological polar surface area (TPSA) is 15.6 Å². The van der Waals surface area contributed by atoms with Gasteiger partial charge in [-0.3, -0.25) is 4.99 Å². The first-order valence-electron chi connectivity index (χ1n) is 9.23. The number of anilines is 1. The van der Waals surface area contributed by atoms with Crippen LogP contribution < -0.4 is 4.90 Å². The zero-order chi connectivity index (χ0) is 18.9. The van der Waals surface area contributed by atoms with Crippen LogP contribution in [0.2, 0.25) is 0 Å². The van der Waals surface area contributed by atoms with Crippen molar-refractivity contribution in [3.05, 3.63) is 63.6 Å². The fourth-order valence-electron chi connectivity index (χ4n) is 3.72. The molecule has 0 amide bonds. The van der Waals surface area contributed by atoms with Crippen molar-refractivity contribution < 1.29 is 0 Å². The molecule has 0 atom stereocenters. The first-order chi connectivity index (χ1) is 12.3. The summed E-state index contributed by atoms with van der Waals surface area (Å²) in [6.07, 6.45) is 5.49. The normalized spacial score (nSPS) is 15.9. The van der Waals surface area contributed by atoms with Gasteiger partial charge in [-0.05, 0) is 81.1 Å². The van der Waals surface area contributed by atoms with E-state index in [1.807, 2.05) is 18.3 Å². The molecular weight excluding hydrogens is 384 g/mol. The maximum Gasteiger partial charge on any atom is 0.0659 e. The van der Waals surface area contributed by atoms with E-state index in [2.05, 4.69) is 85.8 Å². The van der Waals surface area contributed by atoms with Gasteiger partial charge < -0.3 is 4.90 Å². The maximum atomic E-state index is 4.70. The van der Waals surface area contributed by atoms with Gasteiger partial charge in [0.1, 0.15) is 0 Å². The van der Waals surface area contributed by atoms with Crippen LogP contribution in [-0.4, -0.2) is 18.3 Å². The van der Waals surface area contributed by atoms with E-state index in [0.29, 0.717) is 0 Å². The molecule has 2 aromatic rings. The monoisotopic (exact) mass is 410 g/mol. The lowest BCUT2D eigenvalue weighted by molar-refractivity contribution is 0.550. The van der Waals surface area contributed by atoms with Gasteiger partial charge in [-0.25, -0.2) is 0 Å². The van der Waals surface area contributed by atoms with Crippen LogP contribution in [0.1, 0.15) is 50.8 Å². The zero-order valence-corrected chi connectivity index (χ0v) is 17.9. The molecule has 136 valence electrons. The van der Waals surface area contributed by atoms with Crippen molar-refractivity contribution >= 4 is 39.1 Å². The van der Waals surface area contributed by atoms with Crippen LogP contribution in [0, 0.1) is 6.92 Å². The third-order valence-corrected chi connectivity index (χ3v) is 5.45. The Balaban J connectivity index is 1.96. The fraction of sp³-hybridized carbons (Fsp3) is 0.348. The average Bonchev–Trinajstić information content (AvgIpc) is 2.57. The molecule has 1 heterocycles. The number of halogens is 1. The van der Waals surface area contributed by atoms with Crippen LogP contribution >= 0.6 is 15.9 Å². The minimum Gasteiger partial charge on any atom is -0.362 e. The fourth-order valence-corrected chi connectivity index (χ4v) is 4.20. The first-order valence-corrected chi connectivity index (χ1v) is 10.0. The highest BCUT2D eigenvalue weighted by molar-refractivity contribution is 9.10. The molecule has 0 unspecified atom stereocenters. The van der Waals surface area contributed by atoms with Gasteiger partial charge in [0, 0.05) is 28.5 Å². The lowest BCUT2D eigenvalue weighted by Crippen LogP contribution is -2.45. The molecule has 3 heteroatoms. The van der Waals surface area contributed by atoms with Crippen molar-refractivity contribution in [2.45, 2.75) is 46.6 Å². The number of nitrogens with zero attached hydrogens (tertiary/aromatic N) is 2. The number of benzene rings is 2. The van der Waals surface area contributed by atoms with E-state index in [4.69, 9.17) is 4.99 Å². The molecule has 0 aromatic heterocycles. The predicted molar refractivity (Wildman–Crippen MR) is 118 cm³/mol. The van der Waals surface area contributed by atoms with E-state index in [-0.39, 0.29) is 5.54 Å². The summed E-state index contributed by atoms with van der Waals surface area (Å²) in [4.78, 5) is 7.21. The molecule has 26 heavy (non-hydrogen) atoms. The molecule has 0 bridgehead atoms. The van der Waals surface area contributed by atoms with Gasteiger partial charge in [0.2, 0.25) is 0 Å². The van der Waals surface area contributed by atoms with Crippen molar-refractivity contribution in [3.8, 4) is 0 Å². The summed E-state index contributed by atoms with van der Waals surface area (Å²) >= 11 is 3.50. The zero-order valence-electron chi connectivity index (χ0n) is 16.3. The average molecular weight is 411 g/mol. The Bertz CT molecular complexity index is 878. The summed E-state index contributed by atoms with van der Waals surface area (Å²) < 4.78 is 1.09. The second kappa shape index (κ2) is 7.40. The second-order valence-corrected chi connectivity index (χ2v) is 8.51. The summed E-state index contributed by atoms with van der Waals surface area (Å²) in [6, 6.07) is 12.9. The number of aliphatic imine (C=N–C) groups is 1. The molecular formula is C23H27BrN2. The number of fused-ring (bicyclic) bond motifs is 1. The molecule has 3 rings (SSSR count). The van der Waals surface area contributed by atoms with Crippen LogP contribution in [0.25, 0.3) is 5.57 Å². The molecule has 0 fully saturated rings. The molecule has 2 nitrogen and oxygen atoms in total. The Morgan fingerprint density at radius 2 is 1.88 bits per heavy atom. The summed E-state index contributed by atoms with van der Waals surface area (Å²) in [7, 11) is 0. The van der Waals surface area contributed by atoms with E-state index in [0.717, 1.165) is 28.7 Å². The van der Waals surface area contributed by atoms with Crippen molar-refractivity contribution in [3.63, 3.8) is 0 Å². The van der Waals surface area contributed by atoms with Gasteiger partial charge >= 0.3 is 0 Å². The Morgan fingerprint density at radius 3 is 2.58 bits per heavy atom. The molecule has 2 aromatic carbocycles. The number of allylic oxidation sites excluding steroid dienone is 1. The van der Waals surface area contributed by atoms with Gasteiger partial charge in [0.05, 0.1) is 11.2 Å². The van der Waals surface area contributed by atoms with Gasteiger partial charge in [0.15, 0.2) is 0 Å². The SMILES string of the molecule is CCCN1c2ccc(C=Nc3ccc(Br)cc3C)cc2C(C)=CC1(C)C. The first kappa shape index (κ1) is 18.9. The van der Waals surface area contributed by atoms with Crippen molar-refractivity contribution in [1.29, 1.82) is 0 Å². The second-order valence-electron chi connectivity index (χ2n) is 7.60. The van der Waals surface area contributed by atoms with Crippen molar-refractivity contribution in [2.24, 2.45) is 4.99 Å². The third kappa shape index (κ3) is 3.78. The summed E-state index contributed by atoms with van der Waals surface area (Å²) in [5, 5.41) is 0. The van der Waals surface area contributed by atoms with Gasteiger partial charge in [-0.1, -0.05) is 35.0 Å². The molecule has 1 aliphatic heterocycles. The standard InChI is InChI=1S/C23H27BrN2/c1-6-11-26-22-10-7-18(13-20(22)17(3)14-23(26,4)5)15-25-21-9-8-19(24)12-16(21)2/h7-10,12-15H,6,11H2,1-5H3. The molecule has 0 radical (unpaired) electrons. The molecule has 0 saturated carbocycles. The minimum atomic E-state index is 0.0528. The Kier molecular flexibility index (Phi) is 5.38. The van der Waals surface area contributed by atoms with Gasteiger partial charge in [0.25, 0.3) is 0 Å². The maximum absolute atomic E-state index is 4.70. The van der Waals surface area contributed by atoms with Gasteiger partial charge in [-0.2, -0.15) is 0 Å². The lowest BCUT2D eigenvalue weighted by atomic mass is 9.88. The highest BCUT2D eigenvalue weighted by atomic mass is 79.9.